The Kier molecular flexibility index (Phi) is 7.83. The van der Waals surface area contributed by atoms with Crippen LogP contribution in [0.15, 0.2) is 54.6 Å². The van der Waals surface area contributed by atoms with Gasteiger partial charge in [0.15, 0.2) is 0 Å². The number of benzene rings is 2. The van der Waals surface area contributed by atoms with E-state index in [-0.39, 0.29) is 5.91 Å². The number of hydrogen-bond donors (Lipinski definition) is 0. The highest BCUT2D eigenvalue weighted by Gasteiger charge is 2.12. The average Bonchev–Trinajstić information content (AvgIpc) is 3.13. The number of likely N-dealkylation sites (N-methyl/N-ethyl adjacent to an activating group) is 1. The second-order valence-electron chi connectivity index (χ2n) is 8.79. The minimum absolute atomic E-state index is 0.0128. The van der Waals surface area contributed by atoms with Gasteiger partial charge in [-0.25, -0.2) is 0 Å². The molecule has 2 fully saturated rings. The summed E-state index contributed by atoms with van der Waals surface area (Å²) in [4.78, 5) is 19.2. The van der Waals surface area contributed by atoms with Gasteiger partial charge in [0, 0.05) is 57.2 Å². The smallest absolute Gasteiger partial charge is 0.246 e. The van der Waals surface area contributed by atoms with E-state index in [4.69, 9.17) is 4.74 Å². The van der Waals surface area contributed by atoms with Crippen molar-refractivity contribution >= 4 is 23.4 Å². The summed E-state index contributed by atoms with van der Waals surface area (Å²) in [5, 5.41) is 0. The first kappa shape index (κ1) is 22.4. The lowest BCUT2D eigenvalue weighted by Crippen LogP contribution is -2.36. The molecular formula is C27H35N3O2. The van der Waals surface area contributed by atoms with Gasteiger partial charge in [-0.15, -0.1) is 0 Å². The first-order chi connectivity index (χ1) is 15.7. The summed E-state index contributed by atoms with van der Waals surface area (Å²) in [6.07, 6.45) is 8.81. The first-order valence-corrected chi connectivity index (χ1v) is 11.9. The minimum atomic E-state index is 0.0128. The topological polar surface area (TPSA) is 36.0 Å². The lowest BCUT2D eigenvalue weighted by atomic mass is 10.1. The van der Waals surface area contributed by atoms with Crippen LogP contribution in [-0.2, 0) is 16.1 Å². The predicted molar refractivity (Wildman–Crippen MR) is 132 cm³/mol. The molecule has 0 N–H and O–H groups in total. The third-order valence-electron chi connectivity index (χ3n) is 6.39. The molecule has 0 saturated carbocycles. The minimum Gasteiger partial charge on any atom is -0.378 e. The third-order valence-corrected chi connectivity index (χ3v) is 6.39. The van der Waals surface area contributed by atoms with Gasteiger partial charge in [0.2, 0.25) is 5.91 Å². The molecule has 32 heavy (non-hydrogen) atoms. The van der Waals surface area contributed by atoms with Gasteiger partial charge in [-0.3, -0.25) is 4.79 Å². The summed E-state index contributed by atoms with van der Waals surface area (Å²) in [6, 6.07) is 17.1. The van der Waals surface area contributed by atoms with Gasteiger partial charge >= 0.3 is 0 Å². The Bertz CT molecular complexity index is 878. The molecule has 0 radical (unpaired) electrons. The van der Waals surface area contributed by atoms with Crippen molar-refractivity contribution < 1.29 is 9.53 Å². The van der Waals surface area contributed by atoms with Crippen LogP contribution < -0.4 is 9.80 Å². The van der Waals surface area contributed by atoms with E-state index in [9.17, 15) is 4.79 Å². The van der Waals surface area contributed by atoms with Gasteiger partial charge in [-0.2, -0.15) is 0 Å². The van der Waals surface area contributed by atoms with Crippen LogP contribution >= 0.6 is 0 Å². The van der Waals surface area contributed by atoms with Gasteiger partial charge in [-0.1, -0.05) is 37.1 Å². The van der Waals surface area contributed by atoms with Crippen LogP contribution in [0, 0.1) is 0 Å². The molecule has 0 aromatic heterocycles. The zero-order chi connectivity index (χ0) is 22.2. The molecule has 0 spiro atoms. The molecule has 0 unspecified atom stereocenters. The highest BCUT2D eigenvalue weighted by molar-refractivity contribution is 5.91. The van der Waals surface area contributed by atoms with E-state index in [0.717, 1.165) is 50.5 Å². The van der Waals surface area contributed by atoms with E-state index in [2.05, 4.69) is 58.3 Å². The maximum Gasteiger partial charge on any atom is 0.246 e. The summed E-state index contributed by atoms with van der Waals surface area (Å²) in [5.74, 6) is 0.0128. The SMILES string of the molecule is CN(Cc1ccc(N2CCOCC2)cc1)C(=O)C=Cc1ccc(N2CCCCCC2)cc1. The van der Waals surface area contributed by atoms with E-state index < -0.39 is 0 Å². The van der Waals surface area contributed by atoms with Crippen LogP contribution in [0.4, 0.5) is 11.4 Å². The molecule has 5 heteroatoms. The van der Waals surface area contributed by atoms with E-state index in [1.54, 1.807) is 11.0 Å². The van der Waals surface area contributed by atoms with Crippen molar-refractivity contribution in [2.24, 2.45) is 0 Å². The molecule has 1 amide bonds. The van der Waals surface area contributed by atoms with Gasteiger partial charge in [-0.05, 0) is 54.3 Å². The lowest BCUT2D eigenvalue weighted by Gasteiger charge is -2.29. The van der Waals surface area contributed by atoms with Gasteiger partial charge in [0.25, 0.3) is 0 Å². The van der Waals surface area contributed by atoms with E-state index in [1.807, 2.05) is 13.1 Å². The summed E-state index contributed by atoms with van der Waals surface area (Å²) < 4.78 is 5.42. The molecule has 2 aromatic rings. The highest BCUT2D eigenvalue weighted by Crippen LogP contribution is 2.21. The van der Waals surface area contributed by atoms with E-state index in [1.165, 1.54) is 37.1 Å². The number of hydrogen-bond acceptors (Lipinski definition) is 4. The Balaban J connectivity index is 1.29. The standard InChI is InChI=1S/C27H35N3O2/c1-28(22-24-8-13-26(14-9-24)30-18-20-32-21-19-30)27(31)15-10-23-6-11-25(12-7-23)29-16-4-2-3-5-17-29/h6-15H,2-5,16-22H2,1H3. The zero-order valence-electron chi connectivity index (χ0n) is 19.2. The normalized spacial score (nSPS) is 17.4. The zero-order valence-corrected chi connectivity index (χ0v) is 19.2. The summed E-state index contributed by atoms with van der Waals surface area (Å²) in [6.45, 7) is 6.32. The van der Waals surface area contributed by atoms with Crippen molar-refractivity contribution in [1.82, 2.24) is 4.90 Å². The van der Waals surface area contributed by atoms with Crippen LogP contribution in [-0.4, -0.2) is 57.2 Å². The van der Waals surface area contributed by atoms with Crippen molar-refractivity contribution in [3.63, 3.8) is 0 Å². The molecule has 0 aliphatic carbocycles. The number of carbonyl (C=O) groups is 1. The van der Waals surface area contributed by atoms with Gasteiger partial charge < -0.3 is 19.4 Å². The number of amides is 1. The number of ether oxygens (including phenoxy) is 1. The number of rotatable bonds is 6. The quantitative estimate of drug-likeness (QED) is 0.625. The second-order valence-corrected chi connectivity index (χ2v) is 8.79. The molecule has 2 saturated heterocycles. The molecule has 2 aliphatic heterocycles. The fraction of sp³-hybridized carbons (Fsp3) is 0.444. The maximum atomic E-state index is 12.6. The Labute approximate surface area is 192 Å². The monoisotopic (exact) mass is 433 g/mol. The molecule has 0 atom stereocenters. The number of carbonyl (C=O) groups excluding carboxylic acids is 1. The predicted octanol–water partition coefficient (Wildman–Crippen LogP) is 4.58. The fourth-order valence-electron chi connectivity index (χ4n) is 4.41. The maximum absolute atomic E-state index is 12.6. The largest absolute Gasteiger partial charge is 0.378 e. The van der Waals surface area contributed by atoms with Crippen LogP contribution in [0.5, 0.6) is 0 Å². The van der Waals surface area contributed by atoms with Crippen LogP contribution in [0.2, 0.25) is 0 Å². The van der Waals surface area contributed by atoms with E-state index in [0.29, 0.717) is 6.54 Å². The van der Waals surface area contributed by atoms with Gasteiger partial charge in [0.05, 0.1) is 13.2 Å². The van der Waals surface area contributed by atoms with Crippen LogP contribution in [0.3, 0.4) is 0 Å². The summed E-state index contributed by atoms with van der Waals surface area (Å²) >= 11 is 0. The number of nitrogens with zero attached hydrogens (tertiary/aromatic N) is 3. The number of anilines is 2. The molecule has 4 rings (SSSR count). The Hall–Kier alpha value is -2.79. The molecule has 170 valence electrons. The molecule has 5 nitrogen and oxygen atoms in total. The Morgan fingerprint density at radius 2 is 1.41 bits per heavy atom. The molecule has 2 aliphatic rings. The van der Waals surface area contributed by atoms with Crippen molar-refractivity contribution in [2.45, 2.75) is 32.2 Å². The van der Waals surface area contributed by atoms with Crippen molar-refractivity contribution in [1.29, 1.82) is 0 Å². The first-order valence-electron chi connectivity index (χ1n) is 11.9. The van der Waals surface area contributed by atoms with Crippen LogP contribution in [0.1, 0.15) is 36.8 Å². The Morgan fingerprint density at radius 3 is 2.03 bits per heavy atom. The summed E-state index contributed by atoms with van der Waals surface area (Å²) in [7, 11) is 1.85. The highest BCUT2D eigenvalue weighted by atomic mass is 16.5. The van der Waals surface area contributed by atoms with Crippen molar-refractivity contribution in [3.8, 4) is 0 Å². The molecule has 2 heterocycles. The Morgan fingerprint density at radius 1 is 0.844 bits per heavy atom. The van der Waals surface area contributed by atoms with Gasteiger partial charge in [0.1, 0.15) is 0 Å². The average molecular weight is 434 g/mol. The third kappa shape index (κ3) is 6.13. The van der Waals surface area contributed by atoms with Crippen molar-refractivity contribution in [2.75, 3.05) is 56.2 Å². The van der Waals surface area contributed by atoms with Crippen LogP contribution in [0.25, 0.3) is 6.08 Å². The molecular weight excluding hydrogens is 398 g/mol. The summed E-state index contributed by atoms with van der Waals surface area (Å²) in [5.41, 5.74) is 4.69. The number of morpholine rings is 1. The lowest BCUT2D eigenvalue weighted by molar-refractivity contribution is -0.125. The molecule has 2 aromatic carbocycles. The van der Waals surface area contributed by atoms with E-state index >= 15 is 0 Å². The second kappa shape index (κ2) is 11.2. The molecule has 0 bridgehead atoms. The van der Waals surface area contributed by atoms with Crippen molar-refractivity contribution in [3.05, 3.63) is 65.7 Å². The fourth-order valence-corrected chi connectivity index (χ4v) is 4.41.